The standard InChI is InChI=1S/C17H18FN5O2/c18-10-4-5-13(25-8-11-3-1-2-6-24-11)12(7-10)15-14-16(19)20-9-21-17(14)23-22-15/h4-5,7,9,11H,1-3,6,8H2,(H3,19,20,21,22,23). The molecule has 7 nitrogen and oxygen atoms in total. The molecule has 3 N–H and O–H groups in total. The molecule has 2 aromatic heterocycles. The van der Waals surface area contributed by atoms with Crippen LogP contribution in [-0.4, -0.2) is 39.5 Å². The average molecular weight is 343 g/mol. The first-order valence-corrected chi connectivity index (χ1v) is 8.21. The highest BCUT2D eigenvalue weighted by Gasteiger charge is 2.19. The summed E-state index contributed by atoms with van der Waals surface area (Å²) in [5, 5.41) is 7.53. The molecule has 0 radical (unpaired) electrons. The van der Waals surface area contributed by atoms with Gasteiger partial charge in [0.1, 0.15) is 30.3 Å². The number of fused-ring (bicyclic) bond motifs is 1. The Kier molecular flexibility index (Phi) is 4.19. The van der Waals surface area contributed by atoms with E-state index in [2.05, 4.69) is 20.2 Å². The van der Waals surface area contributed by atoms with E-state index >= 15 is 0 Å². The average Bonchev–Trinajstić information content (AvgIpc) is 3.07. The molecule has 0 aliphatic carbocycles. The van der Waals surface area contributed by atoms with E-state index in [1.807, 2.05) is 0 Å². The zero-order valence-corrected chi connectivity index (χ0v) is 13.5. The second kappa shape index (κ2) is 6.64. The number of H-pyrrole nitrogens is 1. The fraction of sp³-hybridized carbons (Fsp3) is 0.353. The van der Waals surface area contributed by atoms with Gasteiger partial charge in [0.25, 0.3) is 0 Å². The van der Waals surface area contributed by atoms with Crippen LogP contribution in [0.4, 0.5) is 10.2 Å². The summed E-state index contributed by atoms with van der Waals surface area (Å²) in [6.07, 6.45) is 4.57. The number of nitrogens with two attached hydrogens (primary N) is 1. The summed E-state index contributed by atoms with van der Waals surface area (Å²) in [5.41, 5.74) is 7.44. The predicted octanol–water partition coefficient (Wildman–Crippen LogP) is 2.69. The molecule has 25 heavy (non-hydrogen) atoms. The number of nitrogen functional groups attached to an aromatic ring is 1. The van der Waals surface area contributed by atoms with E-state index in [0.29, 0.717) is 34.6 Å². The van der Waals surface area contributed by atoms with Gasteiger partial charge in [0.15, 0.2) is 5.65 Å². The SMILES string of the molecule is Nc1ncnc2n[nH]c(-c3cc(F)ccc3OCC3CCCCO3)c12. The molecule has 3 heterocycles. The highest BCUT2D eigenvalue weighted by Crippen LogP contribution is 2.35. The van der Waals surface area contributed by atoms with Crippen LogP contribution in [0.15, 0.2) is 24.5 Å². The van der Waals surface area contributed by atoms with Gasteiger partial charge in [-0.25, -0.2) is 14.4 Å². The van der Waals surface area contributed by atoms with Crippen molar-refractivity contribution >= 4 is 16.9 Å². The Labute approximate surface area is 143 Å². The lowest BCUT2D eigenvalue weighted by Crippen LogP contribution is -2.25. The van der Waals surface area contributed by atoms with Crippen molar-refractivity contribution in [2.75, 3.05) is 18.9 Å². The summed E-state index contributed by atoms with van der Waals surface area (Å²) in [7, 11) is 0. The maximum Gasteiger partial charge on any atom is 0.186 e. The van der Waals surface area contributed by atoms with E-state index in [4.69, 9.17) is 15.2 Å². The van der Waals surface area contributed by atoms with Crippen LogP contribution < -0.4 is 10.5 Å². The molecule has 1 atom stereocenters. The van der Waals surface area contributed by atoms with Crippen LogP contribution in [0.25, 0.3) is 22.3 Å². The lowest BCUT2D eigenvalue weighted by molar-refractivity contribution is -0.0109. The monoisotopic (exact) mass is 343 g/mol. The number of nitrogens with one attached hydrogen (secondary N) is 1. The van der Waals surface area contributed by atoms with Crippen molar-refractivity contribution in [2.24, 2.45) is 0 Å². The first-order chi connectivity index (χ1) is 12.2. The van der Waals surface area contributed by atoms with Crippen molar-refractivity contribution < 1.29 is 13.9 Å². The molecule has 4 rings (SSSR count). The minimum atomic E-state index is -0.380. The fourth-order valence-electron chi connectivity index (χ4n) is 3.02. The van der Waals surface area contributed by atoms with Crippen LogP contribution in [0.1, 0.15) is 19.3 Å². The number of aromatic amines is 1. The maximum atomic E-state index is 13.9. The van der Waals surface area contributed by atoms with Crippen molar-refractivity contribution in [1.29, 1.82) is 0 Å². The Morgan fingerprint density at radius 3 is 3.08 bits per heavy atom. The van der Waals surface area contributed by atoms with Crippen molar-refractivity contribution in [3.63, 3.8) is 0 Å². The molecule has 0 saturated carbocycles. The van der Waals surface area contributed by atoms with E-state index in [1.165, 1.54) is 18.5 Å². The smallest absolute Gasteiger partial charge is 0.186 e. The highest BCUT2D eigenvalue weighted by atomic mass is 19.1. The molecule has 1 aliphatic rings. The highest BCUT2D eigenvalue weighted by molar-refractivity contribution is 5.98. The normalized spacial score (nSPS) is 17.7. The van der Waals surface area contributed by atoms with Gasteiger partial charge in [-0.1, -0.05) is 0 Å². The number of nitrogens with zero attached hydrogens (tertiary/aromatic N) is 3. The van der Waals surface area contributed by atoms with E-state index < -0.39 is 0 Å². The third-order valence-corrected chi connectivity index (χ3v) is 4.29. The Balaban J connectivity index is 1.69. The van der Waals surface area contributed by atoms with Crippen molar-refractivity contribution in [3.05, 3.63) is 30.3 Å². The zero-order chi connectivity index (χ0) is 17.2. The first-order valence-electron chi connectivity index (χ1n) is 8.21. The zero-order valence-electron chi connectivity index (χ0n) is 13.5. The molecule has 8 heteroatoms. The summed E-state index contributed by atoms with van der Waals surface area (Å²) < 4.78 is 25.5. The van der Waals surface area contributed by atoms with Gasteiger partial charge in [0.2, 0.25) is 0 Å². The fourth-order valence-corrected chi connectivity index (χ4v) is 3.02. The predicted molar refractivity (Wildman–Crippen MR) is 90.6 cm³/mol. The third kappa shape index (κ3) is 3.12. The van der Waals surface area contributed by atoms with Gasteiger partial charge in [0.05, 0.1) is 17.2 Å². The molecule has 1 aliphatic heterocycles. The second-order valence-electron chi connectivity index (χ2n) is 6.00. The number of ether oxygens (including phenoxy) is 2. The van der Waals surface area contributed by atoms with Crippen LogP contribution in [0, 0.1) is 5.82 Å². The summed E-state index contributed by atoms with van der Waals surface area (Å²) in [5.74, 6) is 0.429. The van der Waals surface area contributed by atoms with Crippen molar-refractivity contribution in [3.8, 4) is 17.0 Å². The van der Waals surface area contributed by atoms with Gasteiger partial charge in [-0.2, -0.15) is 5.10 Å². The lowest BCUT2D eigenvalue weighted by Gasteiger charge is -2.23. The molecule has 1 aromatic carbocycles. The van der Waals surface area contributed by atoms with Gasteiger partial charge in [-0.05, 0) is 37.5 Å². The number of halogens is 1. The Hall–Kier alpha value is -2.74. The summed E-state index contributed by atoms with van der Waals surface area (Å²) in [6.45, 7) is 1.17. The molecule has 0 bridgehead atoms. The first kappa shape index (κ1) is 15.8. The number of anilines is 1. The van der Waals surface area contributed by atoms with Crippen molar-refractivity contribution in [2.45, 2.75) is 25.4 Å². The van der Waals surface area contributed by atoms with E-state index in [-0.39, 0.29) is 17.7 Å². The van der Waals surface area contributed by atoms with Gasteiger partial charge in [0, 0.05) is 12.2 Å². The van der Waals surface area contributed by atoms with Gasteiger partial charge < -0.3 is 15.2 Å². The molecule has 3 aromatic rings. The van der Waals surface area contributed by atoms with Crippen LogP contribution in [-0.2, 0) is 4.74 Å². The lowest BCUT2D eigenvalue weighted by atomic mass is 10.1. The third-order valence-electron chi connectivity index (χ3n) is 4.29. The summed E-state index contributed by atoms with van der Waals surface area (Å²) >= 11 is 0. The van der Waals surface area contributed by atoms with Crippen LogP contribution in [0.2, 0.25) is 0 Å². The maximum absolute atomic E-state index is 13.9. The van der Waals surface area contributed by atoms with Gasteiger partial charge in [-0.3, -0.25) is 5.10 Å². The van der Waals surface area contributed by atoms with Crippen LogP contribution >= 0.6 is 0 Å². The quantitative estimate of drug-likeness (QED) is 0.756. The number of rotatable bonds is 4. The van der Waals surface area contributed by atoms with E-state index in [1.54, 1.807) is 6.07 Å². The largest absolute Gasteiger partial charge is 0.490 e. The molecular formula is C17H18FN5O2. The Morgan fingerprint density at radius 2 is 2.24 bits per heavy atom. The van der Waals surface area contributed by atoms with Gasteiger partial charge >= 0.3 is 0 Å². The second-order valence-corrected chi connectivity index (χ2v) is 6.00. The molecule has 0 amide bonds. The molecular weight excluding hydrogens is 325 g/mol. The number of hydrogen-bond acceptors (Lipinski definition) is 6. The number of aromatic nitrogens is 4. The summed E-state index contributed by atoms with van der Waals surface area (Å²) in [4.78, 5) is 8.06. The van der Waals surface area contributed by atoms with E-state index in [9.17, 15) is 4.39 Å². The Morgan fingerprint density at radius 1 is 1.32 bits per heavy atom. The minimum Gasteiger partial charge on any atom is -0.490 e. The molecule has 1 unspecified atom stereocenters. The molecule has 1 fully saturated rings. The van der Waals surface area contributed by atoms with Crippen LogP contribution in [0.5, 0.6) is 5.75 Å². The Bertz CT molecular complexity index is 892. The molecule has 1 saturated heterocycles. The van der Waals surface area contributed by atoms with Crippen molar-refractivity contribution in [1.82, 2.24) is 20.2 Å². The topological polar surface area (TPSA) is 98.9 Å². The molecule has 130 valence electrons. The van der Waals surface area contributed by atoms with Gasteiger partial charge in [-0.15, -0.1) is 0 Å². The number of hydrogen-bond donors (Lipinski definition) is 2. The molecule has 0 spiro atoms. The van der Waals surface area contributed by atoms with E-state index in [0.717, 1.165) is 25.9 Å². The summed E-state index contributed by atoms with van der Waals surface area (Å²) in [6, 6.07) is 4.34. The van der Waals surface area contributed by atoms with Crippen LogP contribution in [0.3, 0.4) is 0 Å². The minimum absolute atomic E-state index is 0.0542. The number of benzene rings is 1.